The Bertz CT molecular complexity index is 1440. The van der Waals surface area contributed by atoms with Crippen LogP contribution in [0.15, 0.2) is 82.8 Å². The number of benzene rings is 4. The molecule has 0 aliphatic carbocycles. The molecule has 4 aromatic carbocycles. The summed E-state index contributed by atoms with van der Waals surface area (Å²) < 4.78 is 0.899. The Morgan fingerprint density at radius 2 is 1.53 bits per heavy atom. The maximum Gasteiger partial charge on any atom is 0.270 e. The van der Waals surface area contributed by atoms with Crippen molar-refractivity contribution in [2.24, 2.45) is 0 Å². The lowest BCUT2D eigenvalue weighted by Crippen LogP contribution is -2.54. The summed E-state index contributed by atoms with van der Waals surface area (Å²) >= 11 is 8.81. The minimum absolute atomic E-state index is 0.0439. The number of fused-ring (bicyclic) bond motifs is 2. The molecule has 0 saturated carbocycles. The van der Waals surface area contributed by atoms with Gasteiger partial charge in [-0.05, 0) is 82.2 Å². The molecule has 1 aliphatic heterocycles. The summed E-state index contributed by atoms with van der Waals surface area (Å²) in [5.74, 6) is -0.941. The van der Waals surface area contributed by atoms with Gasteiger partial charge in [-0.25, -0.2) is 0 Å². The van der Waals surface area contributed by atoms with E-state index in [4.69, 9.17) is 12.2 Å². The Kier molecular flexibility index (Phi) is 5.12. The lowest BCUT2D eigenvalue weighted by atomic mass is 9.94. The first kappa shape index (κ1) is 20.5. The van der Waals surface area contributed by atoms with E-state index in [0.29, 0.717) is 5.69 Å². The Morgan fingerprint density at radius 3 is 2.16 bits per heavy atom. The fourth-order valence-corrected chi connectivity index (χ4v) is 4.84. The average Bonchev–Trinajstić information content (AvgIpc) is 2.77. The number of nitrogens with one attached hydrogen (secondary N) is 1. The highest BCUT2D eigenvalue weighted by Crippen LogP contribution is 2.32. The van der Waals surface area contributed by atoms with E-state index >= 15 is 0 Å². The van der Waals surface area contributed by atoms with Crippen LogP contribution < -0.4 is 10.2 Å². The number of amides is 2. The van der Waals surface area contributed by atoms with Crippen LogP contribution in [0.25, 0.3) is 27.6 Å². The normalized spacial score (nSPS) is 15.6. The highest BCUT2D eigenvalue weighted by atomic mass is 79.9. The maximum absolute atomic E-state index is 13.6. The van der Waals surface area contributed by atoms with E-state index in [-0.39, 0.29) is 10.7 Å². The number of thiocarbonyl (C=S) groups is 1. The number of hydrogen-bond acceptors (Lipinski definition) is 3. The number of anilines is 1. The molecule has 1 heterocycles. The Balaban J connectivity index is 1.72. The van der Waals surface area contributed by atoms with Gasteiger partial charge in [-0.15, -0.1) is 0 Å². The zero-order valence-corrected chi connectivity index (χ0v) is 19.5. The van der Waals surface area contributed by atoms with Crippen LogP contribution in [0.5, 0.6) is 0 Å². The SMILES string of the molecule is Cc1cc(Br)ccc1N1C(=O)/C(=C\c2c3ccccc3cc3ccccc23)C(=O)NC1=S. The Morgan fingerprint density at radius 1 is 0.906 bits per heavy atom. The highest BCUT2D eigenvalue weighted by molar-refractivity contribution is 9.10. The molecule has 5 rings (SSSR count). The summed E-state index contributed by atoms with van der Waals surface area (Å²) in [7, 11) is 0. The van der Waals surface area contributed by atoms with Crippen LogP contribution in [0.2, 0.25) is 0 Å². The predicted octanol–water partition coefficient (Wildman–Crippen LogP) is 5.90. The summed E-state index contributed by atoms with van der Waals surface area (Å²) in [6.45, 7) is 1.90. The topological polar surface area (TPSA) is 49.4 Å². The second-order valence-corrected chi connectivity index (χ2v) is 8.92. The van der Waals surface area contributed by atoms with Crippen LogP contribution >= 0.6 is 28.1 Å². The molecule has 1 saturated heterocycles. The van der Waals surface area contributed by atoms with Crippen molar-refractivity contribution in [2.45, 2.75) is 6.92 Å². The minimum atomic E-state index is -0.497. The first-order valence-corrected chi connectivity index (χ1v) is 11.2. The summed E-state index contributed by atoms with van der Waals surface area (Å²) in [6.07, 6.45) is 1.69. The quantitative estimate of drug-likeness (QED) is 0.161. The molecule has 0 bridgehead atoms. The van der Waals surface area contributed by atoms with Crippen molar-refractivity contribution in [2.75, 3.05) is 4.90 Å². The smallest absolute Gasteiger partial charge is 0.270 e. The molecule has 2 amide bonds. The van der Waals surface area contributed by atoms with E-state index in [1.165, 1.54) is 4.90 Å². The van der Waals surface area contributed by atoms with Gasteiger partial charge >= 0.3 is 0 Å². The molecule has 0 aromatic heterocycles. The van der Waals surface area contributed by atoms with Gasteiger partial charge in [0.15, 0.2) is 5.11 Å². The van der Waals surface area contributed by atoms with E-state index in [1.54, 1.807) is 6.08 Å². The van der Waals surface area contributed by atoms with Gasteiger partial charge in [0.2, 0.25) is 0 Å². The van der Waals surface area contributed by atoms with Crippen molar-refractivity contribution < 1.29 is 9.59 Å². The minimum Gasteiger partial charge on any atom is -0.298 e. The van der Waals surface area contributed by atoms with Gasteiger partial charge in [0, 0.05) is 4.47 Å². The largest absolute Gasteiger partial charge is 0.298 e. The van der Waals surface area contributed by atoms with Gasteiger partial charge in [-0.1, -0.05) is 64.5 Å². The molecule has 6 heteroatoms. The van der Waals surface area contributed by atoms with E-state index in [2.05, 4.69) is 27.3 Å². The molecule has 1 aliphatic rings. The summed E-state index contributed by atoms with van der Waals surface area (Å²) in [6, 6.07) is 23.6. The highest BCUT2D eigenvalue weighted by Gasteiger charge is 2.35. The second-order valence-electron chi connectivity index (χ2n) is 7.62. The molecule has 0 radical (unpaired) electrons. The molecule has 0 atom stereocenters. The van der Waals surface area contributed by atoms with E-state index in [1.807, 2.05) is 73.7 Å². The zero-order valence-electron chi connectivity index (χ0n) is 17.1. The molecule has 0 unspecified atom stereocenters. The zero-order chi connectivity index (χ0) is 22.4. The molecule has 156 valence electrons. The van der Waals surface area contributed by atoms with Gasteiger partial charge < -0.3 is 0 Å². The van der Waals surface area contributed by atoms with Crippen LogP contribution in [0.3, 0.4) is 0 Å². The number of aryl methyl sites for hydroxylation is 1. The van der Waals surface area contributed by atoms with Gasteiger partial charge in [0.25, 0.3) is 11.8 Å². The van der Waals surface area contributed by atoms with Gasteiger partial charge in [0.05, 0.1) is 5.69 Å². The number of halogens is 1. The van der Waals surface area contributed by atoms with Gasteiger partial charge in [0.1, 0.15) is 5.57 Å². The van der Waals surface area contributed by atoms with Crippen LogP contribution in [0, 0.1) is 6.92 Å². The summed E-state index contributed by atoms with van der Waals surface area (Å²) in [5, 5.41) is 6.78. The number of hydrogen-bond donors (Lipinski definition) is 1. The number of rotatable bonds is 2. The molecule has 32 heavy (non-hydrogen) atoms. The van der Waals surface area contributed by atoms with Crippen molar-refractivity contribution >= 4 is 78.4 Å². The first-order valence-electron chi connectivity index (χ1n) is 10.0. The monoisotopic (exact) mass is 500 g/mol. The molecule has 4 aromatic rings. The van der Waals surface area contributed by atoms with Crippen LogP contribution in [-0.2, 0) is 9.59 Å². The number of carbonyl (C=O) groups is 2. The summed E-state index contributed by atoms with van der Waals surface area (Å²) in [4.78, 5) is 27.8. The van der Waals surface area contributed by atoms with Crippen molar-refractivity contribution in [1.82, 2.24) is 5.32 Å². The van der Waals surface area contributed by atoms with Crippen LogP contribution in [0.4, 0.5) is 5.69 Å². The Hall–Kier alpha value is -3.35. The molecular weight excluding hydrogens is 484 g/mol. The lowest BCUT2D eigenvalue weighted by molar-refractivity contribution is -0.122. The molecule has 1 fully saturated rings. The lowest BCUT2D eigenvalue weighted by Gasteiger charge is -2.30. The summed E-state index contributed by atoms with van der Waals surface area (Å²) in [5.41, 5.74) is 2.37. The molecule has 1 N–H and O–H groups in total. The fourth-order valence-electron chi connectivity index (χ4n) is 4.09. The van der Waals surface area contributed by atoms with E-state index in [0.717, 1.165) is 37.1 Å². The maximum atomic E-state index is 13.6. The van der Waals surface area contributed by atoms with Crippen molar-refractivity contribution in [3.63, 3.8) is 0 Å². The Labute approximate surface area is 198 Å². The van der Waals surface area contributed by atoms with Gasteiger partial charge in [-0.2, -0.15) is 0 Å². The third-order valence-corrected chi connectivity index (χ3v) is 6.38. The molecule has 4 nitrogen and oxygen atoms in total. The van der Waals surface area contributed by atoms with Crippen LogP contribution in [-0.4, -0.2) is 16.9 Å². The predicted molar refractivity (Wildman–Crippen MR) is 137 cm³/mol. The fraction of sp³-hybridized carbons (Fsp3) is 0.0385. The van der Waals surface area contributed by atoms with E-state index in [9.17, 15) is 9.59 Å². The number of carbonyl (C=O) groups excluding carboxylic acids is 2. The van der Waals surface area contributed by atoms with E-state index < -0.39 is 11.8 Å². The molecular formula is C26H17BrN2O2S. The number of nitrogens with zero attached hydrogens (tertiary/aromatic N) is 1. The van der Waals surface area contributed by atoms with Crippen LogP contribution in [0.1, 0.15) is 11.1 Å². The van der Waals surface area contributed by atoms with Crippen molar-refractivity contribution in [3.8, 4) is 0 Å². The van der Waals surface area contributed by atoms with Crippen molar-refractivity contribution in [3.05, 3.63) is 94.0 Å². The first-order chi connectivity index (χ1) is 15.4. The van der Waals surface area contributed by atoms with Crippen molar-refractivity contribution in [1.29, 1.82) is 0 Å². The second kappa shape index (κ2) is 7.97. The standard InChI is InChI=1S/C26H17BrN2O2S/c1-15-12-18(27)10-11-23(15)29-25(31)22(24(30)28-26(29)32)14-21-19-8-4-2-6-16(19)13-17-7-3-5-9-20(17)21/h2-14H,1H3,(H,28,30,32)/b22-14-. The third-order valence-electron chi connectivity index (χ3n) is 5.60. The third kappa shape index (κ3) is 3.42. The average molecular weight is 501 g/mol. The molecule has 0 spiro atoms. The van der Waals surface area contributed by atoms with Gasteiger partial charge in [-0.3, -0.25) is 19.8 Å².